The molecular formula is C13H10BClO4S. The molecular weight excluding hydrogens is 298 g/mol. The van der Waals surface area contributed by atoms with Gasteiger partial charge in [0.25, 0.3) is 0 Å². The van der Waals surface area contributed by atoms with Gasteiger partial charge in [-0.1, -0.05) is 17.7 Å². The number of halogens is 1. The Balaban J connectivity index is 2.08. The van der Waals surface area contributed by atoms with Gasteiger partial charge in [0.05, 0.1) is 16.4 Å². The minimum absolute atomic E-state index is 0.128. The van der Waals surface area contributed by atoms with E-state index in [1.165, 1.54) is 36.4 Å². The molecule has 1 aliphatic heterocycles. The first-order valence-corrected chi connectivity index (χ1v) is 7.78. The Hall–Kier alpha value is -1.34. The van der Waals surface area contributed by atoms with Crippen LogP contribution in [0.25, 0.3) is 0 Å². The first-order valence-electron chi connectivity index (χ1n) is 5.91. The zero-order chi connectivity index (χ0) is 14.3. The molecule has 0 radical (unpaired) electrons. The second-order valence-corrected chi connectivity index (χ2v) is 6.87. The lowest BCUT2D eigenvalue weighted by atomic mass is 9.80. The lowest BCUT2D eigenvalue weighted by Crippen LogP contribution is -2.28. The van der Waals surface area contributed by atoms with Crippen LogP contribution in [-0.4, -0.2) is 20.6 Å². The van der Waals surface area contributed by atoms with Crippen LogP contribution in [-0.2, 0) is 21.1 Å². The fourth-order valence-corrected chi connectivity index (χ4v) is 3.53. The highest BCUT2D eigenvalue weighted by Gasteiger charge is 2.29. The van der Waals surface area contributed by atoms with Crippen molar-refractivity contribution in [2.45, 2.75) is 16.4 Å². The molecule has 0 saturated carbocycles. The molecule has 1 N–H and O–H groups in total. The van der Waals surface area contributed by atoms with Crippen molar-refractivity contribution in [3.63, 3.8) is 0 Å². The summed E-state index contributed by atoms with van der Waals surface area (Å²) in [5, 5.41) is 10.1. The molecule has 0 unspecified atom stereocenters. The molecule has 0 amide bonds. The van der Waals surface area contributed by atoms with Crippen LogP contribution in [0.4, 0.5) is 0 Å². The molecule has 0 bridgehead atoms. The fraction of sp³-hybridized carbons (Fsp3) is 0.0769. The maximum atomic E-state index is 12.5. The molecule has 7 heteroatoms. The lowest BCUT2D eigenvalue weighted by Gasteiger charge is -2.07. The first kappa shape index (κ1) is 13.6. The Bertz CT molecular complexity index is 758. The Morgan fingerprint density at radius 1 is 1.10 bits per heavy atom. The van der Waals surface area contributed by atoms with Gasteiger partial charge in [0.1, 0.15) is 0 Å². The highest BCUT2D eigenvalue weighted by molar-refractivity contribution is 7.91. The molecule has 0 aromatic heterocycles. The zero-order valence-electron chi connectivity index (χ0n) is 10.3. The second kappa shape index (κ2) is 4.89. The van der Waals surface area contributed by atoms with Gasteiger partial charge in [0.15, 0.2) is 0 Å². The number of benzene rings is 2. The Kier molecular flexibility index (Phi) is 3.34. The molecule has 4 nitrogen and oxygen atoms in total. The Morgan fingerprint density at radius 2 is 1.75 bits per heavy atom. The quantitative estimate of drug-likeness (QED) is 0.852. The first-order chi connectivity index (χ1) is 9.48. The molecule has 0 fully saturated rings. The maximum absolute atomic E-state index is 12.5. The molecule has 2 aromatic carbocycles. The van der Waals surface area contributed by atoms with Gasteiger partial charge < -0.3 is 9.68 Å². The van der Waals surface area contributed by atoms with Crippen molar-refractivity contribution in [1.82, 2.24) is 0 Å². The summed E-state index contributed by atoms with van der Waals surface area (Å²) in [6, 6.07) is 10.6. The van der Waals surface area contributed by atoms with E-state index in [4.69, 9.17) is 16.3 Å². The molecule has 0 spiro atoms. The largest absolute Gasteiger partial charge is 0.491 e. The van der Waals surface area contributed by atoms with Crippen molar-refractivity contribution in [3.8, 4) is 0 Å². The predicted molar refractivity (Wildman–Crippen MR) is 75.7 cm³/mol. The standard InChI is InChI=1S/C13H10BClO4S/c15-10-2-5-11(6-3-10)20(17,18)12-4-1-9-8-19-14(16)13(9)7-12/h1-7,16H,8H2. The molecule has 0 atom stereocenters. The van der Waals surface area contributed by atoms with Crippen LogP contribution in [0.2, 0.25) is 5.02 Å². The average Bonchev–Trinajstić information content (AvgIpc) is 2.80. The van der Waals surface area contributed by atoms with E-state index in [2.05, 4.69) is 0 Å². The minimum atomic E-state index is -3.63. The van der Waals surface area contributed by atoms with Gasteiger partial charge in [0, 0.05) is 5.02 Å². The van der Waals surface area contributed by atoms with Crippen molar-refractivity contribution in [2.75, 3.05) is 0 Å². The number of fused-ring (bicyclic) bond motifs is 1. The van der Waals surface area contributed by atoms with Crippen LogP contribution in [0.1, 0.15) is 5.56 Å². The Labute approximate surface area is 122 Å². The summed E-state index contributed by atoms with van der Waals surface area (Å²) in [4.78, 5) is 0.290. The summed E-state index contributed by atoms with van der Waals surface area (Å²) < 4.78 is 30.0. The van der Waals surface area contributed by atoms with Crippen LogP contribution in [0.5, 0.6) is 0 Å². The topological polar surface area (TPSA) is 63.6 Å². The van der Waals surface area contributed by atoms with Gasteiger partial charge in [-0.3, -0.25) is 0 Å². The number of hydrogen-bond donors (Lipinski definition) is 1. The van der Waals surface area contributed by atoms with E-state index >= 15 is 0 Å². The fourth-order valence-electron chi connectivity index (χ4n) is 2.11. The third-order valence-corrected chi connectivity index (χ3v) is 5.23. The summed E-state index contributed by atoms with van der Waals surface area (Å²) in [5.41, 5.74) is 1.30. The molecule has 0 aliphatic carbocycles. The van der Waals surface area contributed by atoms with E-state index in [-0.39, 0.29) is 16.4 Å². The van der Waals surface area contributed by atoms with E-state index < -0.39 is 17.0 Å². The van der Waals surface area contributed by atoms with Gasteiger partial charge in [-0.05, 0) is 47.4 Å². The molecule has 2 aromatic rings. The summed E-state index contributed by atoms with van der Waals surface area (Å²) in [7, 11) is -4.69. The normalized spacial score (nSPS) is 14.4. The minimum Gasteiger partial charge on any atom is -0.423 e. The van der Waals surface area contributed by atoms with Crippen molar-refractivity contribution in [1.29, 1.82) is 0 Å². The van der Waals surface area contributed by atoms with Gasteiger partial charge >= 0.3 is 7.12 Å². The predicted octanol–water partition coefficient (Wildman–Crippen LogP) is 1.39. The summed E-state index contributed by atoms with van der Waals surface area (Å²) in [6.07, 6.45) is 0. The van der Waals surface area contributed by atoms with Gasteiger partial charge in [0.2, 0.25) is 9.84 Å². The monoisotopic (exact) mass is 308 g/mol. The molecule has 1 aliphatic rings. The summed E-state index contributed by atoms with van der Waals surface area (Å²) >= 11 is 5.76. The van der Waals surface area contributed by atoms with Crippen molar-refractivity contribution < 1.29 is 18.1 Å². The average molecular weight is 309 g/mol. The third-order valence-electron chi connectivity index (χ3n) is 3.21. The molecule has 1 heterocycles. The SMILES string of the molecule is O=S(=O)(c1ccc(Cl)cc1)c1ccc2c(c1)B(O)OC2. The van der Waals surface area contributed by atoms with Crippen molar-refractivity contribution in [3.05, 3.63) is 53.1 Å². The number of sulfone groups is 1. The van der Waals surface area contributed by atoms with E-state index in [1.54, 1.807) is 6.07 Å². The molecule has 20 heavy (non-hydrogen) atoms. The molecule has 0 saturated heterocycles. The third kappa shape index (κ3) is 2.25. The van der Waals surface area contributed by atoms with Crippen molar-refractivity contribution >= 4 is 34.0 Å². The van der Waals surface area contributed by atoms with Crippen LogP contribution in [0.3, 0.4) is 0 Å². The van der Waals surface area contributed by atoms with Crippen LogP contribution in [0, 0.1) is 0 Å². The number of rotatable bonds is 2. The highest BCUT2D eigenvalue weighted by atomic mass is 35.5. The maximum Gasteiger partial charge on any atom is 0.491 e. The van der Waals surface area contributed by atoms with E-state index in [0.29, 0.717) is 10.5 Å². The second-order valence-electron chi connectivity index (χ2n) is 4.48. The lowest BCUT2D eigenvalue weighted by molar-refractivity contribution is 0.275. The smallest absolute Gasteiger partial charge is 0.423 e. The molecule has 3 rings (SSSR count). The highest BCUT2D eigenvalue weighted by Crippen LogP contribution is 2.23. The molecule has 102 valence electrons. The van der Waals surface area contributed by atoms with E-state index in [9.17, 15) is 13.4 Å². The van der Waals surface area contributed by atoms with Gasteiger partial charge in [-0.2, -0.15) is 0 Å². The van der Waals surface area contributed by atoms with Crippen LogP contribution >= 0.6 is 11.6 Å². The van der Waals surface area contributed by atoms with Gasteiger partial charge in [-0.25, -0.2) is 8.42 Å². The summed E-state index contributed by atoms with van der Waals surface area (Å²) in [5.74, 6) is 0. The van der Waals surface area contributed by atoms with Crippen LogP contribution < -0.4 is 5.46 Å². The van der Waals surface area contributed by atoms with Crippen molar-refractivity contribution in [2.24, 2.45) is 0 Å². The van der Waals surface area contributed by atoms with E-state index in [0.717, 1.165) is 5.56 Å². The Morgan fingerprint density at radius 3 is 2.45 bits per heavy atom. The number of hydrogen-bond acceptors (Lipinski definition) is 4. The van der Waals surface area contributed by atoms with Crippen LogP contribution in [0.15, 0.2) is 52.3 Å². The zero-order valence-corrected chi connectivity index (χ0v) is 11.9. The van der Waals surface area contributed by atoms with E-state index in [1.807, 2.05) is 0 Å². The van der Waals surface area contributed by atoms with Gasteiger partial charge in [-0.15, -0.1) is 0 Å². The summed E-state index contributed by atoms with van der Waals surface area (Å²) in [6.45, 7) is 0.289.